The standard InChI is InChI=1S/C19H26N2O6/c1-11(2)12-4-6-13(7-5-12)20-19(23)27-15-9-26-17-14(8-25-18(15)17)21-16(22)10-24-3/h4-7,11,14-15,17-18H,8-10H2,1-3H3,(H,20,23)(H,21,22)/t14-,15+,17+,18+/m0/s1. The number of hydrogen-bond acceptors (Lipinski definition) is 6. The lowest BCUT2D eigenvalue weighted by atomic mass is 10.0. The van der Waals surface area contributed by atoms with Gasteiger partial charge in [-0.25, -0.2) is 4.79 Å². The first-order valence-corrected chi connectivity index (χ1v) is 9.07. The number of benzene rings is 1. The van der Waals surface area contributed by atoms with E-state index in [4.69, 9.17) is 18.9 Å². The van der Waals surface area contributed by atoms with Gasteiger partial charge in [0.05, 0.1) is 19.3 Å². The van der Waals surface area contributed by atoms with Crippen molar-refractivity contribution in [2.45, 2.75) is 44.1 Å². The summed E-state index contributed by atoms with van der Waals surface area (Å²) in [6.07, 6.45) is -1.81. The molecule has 0 radical (unpaired) electrons. The molecule has 0 bridgehead atoms. The molecule has 0 spiro atoms. The van der Waals surface area contributed by atoms with Crippen molar-refractivity contribution in [1.82, 2.24) is 5.32 Å². The van der Waals surface area contributed by atoms with E-state index < -0.39 is 18.3 Å². The number of rotatable bonds is 6. The van der Waals surface area contributed by atoms with Crippen LogP contribution in [0.1, 0.15) is 25.3 Å². The monoisotopic (exact) mass is 378 g/mol. The van der Waals surface area contributed by atoms with Gasteiger partial charge in [0.25, 0.3) is 0 Å². The summed E-state index contributed by atoms with van der Waals surface area (Å²) >= 11 is 0. The van der Waals surface area contributed by atoms with Crippen LogP contribution in [0.3, 0.4) is 0 Å². The molecule has 1 aromatic carbocycles. The third-order valence-electron chi connectivity index (χ3n) is 4.71. The second kappa shape index (κ2) is 8.69. The van der Waals surface area contributed by atoms with E-state index in [1.54, 1.807) is 0 Å². The molecule has 0 saturated carbocycles. The summed E-state index contributed by atoms with van der Waals surface area (Å²) in [7, 11) is 1.46. The Bertz CT molecular complexity index is 663. The van der Waals surface area contributed by atoms with E-state index in [2.05, 4.69) is 24.5 Å². The van der Waals surface area contributed by atoms with Gasteiger partial charge in [0, 0.05) is 12.8 Å². The highest BCUT2D eigenvalue weighted by atomic mass is 16.6. The highest BCUT2D eigenvalue weighted by Gasteiger charge is 2.49. The van der Waals surface area contributed by atoms with Gasteiger partial charge in [-0.05, 0) is 23.6 Å². The fourth-order valence-electron chi connectivity index (χ4n) is 3.30. The van der Waals surface area contributed by atoms with E-state index in [1.165, 1.54) is 12.7 Å². The predicted octanol–water partition coefficient (Wildman–Crippen LogP) is 1.66. The van der Waals surface area contributed by atoms with Crippen LogP contribution in [0, 0.1) is 0 Å². The maximum absolute atomic E-state index is 12.2. The van der Waals surface area contributed by atoms with Gasteiger partial charge >= 0.3 is 6.09 Å². The fraction of sp³-hybridized carbons (Fsp3) is 0.579. The summed E-state index contributed by atoms with van der Waals surface area (Å²) in [4.78, 5) is 23.9. The van der Waals surface area contributed by atoms with Crippen LogP contribution in [-0.2, 0) is 23.7 Å². The van der Waals surface area contributed by atoms with Crippen molar-refractivity contribution < 1.29 is 28.5 Å². The lowest BCUT2D eigenvalue weighted by molar-refractivity contribution is -0.126. The van der Waals surface area contributed by atoms with Crippen LogP contribution in [0.2, 0.25) is 0 Å². The van der Waals surface area contributed by atoms with E-state index in [9.17, 15) is 9.59 Å². The minimum Gasteiger partial charge on any atom is -0.441 e. The molecule has 8 heteroatoms. The number of methoxy groups -OCH3 is 1. The molecule has 2 saturated heterocycles. The number of ether oxygens (including phenoxy) is 4. The van der Waals surface area contributed by atoms with Gasteiger partial charge in [-0.2, -0.15) is 0 Å². The van der Waals surface area contributed by atoms with Gasteiger partial charge in [0.1, 0.15) is 18.8 Å². The summed E-state index contributed by atoms with van der Waals surface area (Å²) in [6, 6.07) is 7.36. The van der Waals surface area contributed by atoms with Crippen LogP contribution < -0.4 is 10.6 Å². The minimum atomic E-state index is -0.558. The van der Waals surface area contributed by atoms with Crippen molar-refractivity contribution in [3.05, 3.63) is 29.8 Å². The minimum absolute atomic E-state index is 0.0220. The molecule has 2 amide bonds. The SMILES string of the molecule is COCC(=O)N[C@H]1CO[C@H]2[C@@H]1OC[C@H]2OC(=O)Nc1ccc(C(C)C)cc1. The maximum Gasteiger partial charge on any atom is 0.412 e. The summed E-state index contributed by atoms with van der Waals surface area (Å²) in [5.74, 6) is 0.192. The van der Waals surface area contributed by atoms with E-state index in [-0.39, 0.29) is 31.3 Å². The lowest BCUT2D eigenvalue weighted by Crippen LogP contribution is -2.45. The number of anilines is 1. The van der Waals surface area contributed by atoms with E-state index in [1.807, 2.05) is 24.3 Å². The topological polar surface area (TPSA) is 95.1 Å². The highest BCUT2D eigenvalue weighted by molar-refractivity contribution is 5.84. The van der Waals surface area contributed by atoms with Crippen molar-refractivity contribution >= 4 is 17.7 Å². The molecule has 148 valence electrons. The van der Waals surface area contributed by atoms with Crippen LogP contribution in [-0.4, -0.2) is 63.3 Å². The Hall–Kier alpha value is -2.16. The molecule has 2 aliphatic heterocycles. The Morgan fingerprint density at radius 2 is 1.85 bits per heavy atom. The summed E-state index contributed by atoms with van der Waals surface area (Å²) in [5.41, 5.74) is 1.86. The van der Waals surface area contributed by atoms with Crippen molar-refractivity contribution in [2.75, 3.05) is 32.2 Å². The molecule has 3 rings (SSSR count). The zero-order valence-electron chi connectivity index (χ0n) is 15.8. The van der Waals surface area contributed by atoms with Gasteiger partial charge in [-0.1, -0.05) is 26.0 Å². The van der Waals surface area contributed by atoms with Gasteiger partial charge in [0.2, 0.25) is 5.91 Å². The molecule has 0 aromatic heterocycles. The quantitative estimate of drug-likeness (QED) is 0.782. The number of amides is 2. The number of carbonyl (C=O) groups is 2. The zero-order chi connectivity index (χ0) is 19.4. The molecule has 2 N–H and O–H groups in total. The van der Waals surface area contributed by atoms with Crippen molar-refractivity contribution in [3.63, 3.8) is 0 Å². The number of carbonyl (C=O) groups excluding carboxylic acids is 2. The first-order chi connectivity index (χ1) is 13.0. The van der Waals surface area contributed by atoms with Crippen LogP contribution >= 0.6 is 0 Å². The molecular weight excluding hydrogens is 352 g/mol. The third-order valence-corrected chi connectivity index (χ3v) is 4.71. The molecule has 27 heavy (non-hydrogen) atoms. The summed E-state index contributed by atoms with van der Waals surface area (Å²) < 4.78 is 21.7. The Kier molecular flexibility index (Phi) is 6.30. The lowest BCUT2D eigenvalue weighted by Gasteiger charge is -2.18. The normalized spacial score (nSPS) is 26.7. The smallest absolute Gasteiger partial charge is 0.412 e. The second-order valence-electron chi connectivity index (χ2n) is 7.05. The average molecular weight is 378 g/mol. The Labute approximate surface area is 158 Å². The van der Waals surface area contributed by atoms with Crippen molar-refractivity contribution in [3.8, 4) is 0 Å². The first kappa shape index (κ1) is 19.6. The van der Waals surface area contributed by atoms with Crippen LogP contribution in [0.4, 0.5) is 10.5 Å². The molecule has 0 aliphatic carbocycles. The highest BCUT2D eigenvalue weighted by Crippen LogP contribution is 2.29. The van der Waals surface area contributed by atoms with Gasteiger partial charge in [-0.3, -0.25) is 10.1 Å². The summed E-state index contributed by atoms with van der Waals surface area (Å²) in [5, 5.41) is 5.53. The van der Waals surface area contributed by atoms with Crippen LogP contribution in [0.5, 0.6) is 0 Å². The van der Waals surface area contributed by atoms with Gasteiger partial charge in [0.15, 0.2) is 6.10 Å². The molecule has 2 heterocycles. The van der Waals surface area contributed by atoms with E-state index in [0.717, 1.165) is 0 Å². The number of fused-ring (bicyclic) bond motifs is 1. The first-order valence-electron chi connectivity index (χ1n) is 9.07. The second-order valence-corrected chi connectivity index (χ2v) is 7.05. The molecule has 0 unspecified atom stereocenters. The molecule has 4 atom stereocenters. The van der Waals surface area contributed by atoms with Crippen LogP contribution in [0.25, 0.3) is 0 Å². The fourth-order valence-corrected chi connectivity index (χ4v) is 3.30. The van der Waals surface area contributed by atoms with Gasteiger partial charge in [-0.15, -0.1) is 0 Å². The Morgan fingerprint density at radius 1 is 1.15 bits per heavy atom. The zero-order valence-corrected chi connectivity index (χ0v) is 15.8. The predicted molar refractivity (Wildman–Crippen MR) is 97.7 cm³/mol. The summed E-state index contributed by atoms with van der Waals surface area (Å²) in [6.45, 7) is 4.74. The number of nitrogens with one attached hydrogen (secondary N) is 2. The number of hydrogen-bond donors (Lipinski definition) is 2. The van der Waals surface area contributed by atoms with Gasteiger partial charge < -0.3 is 24.3 Å². The molecular formula is C19H26N2O6. The average Bonchev–Trinajstić information content (AvgIpc) is 3.19. The Balaban J connectivity index is 1.50. The van der Waals surface area contributed by atoms with Crippen LogP contribution in [0.15, 0.2) is 24.3 Å². The van der Waals surface area contributed by atoms with Crippen molar-refractivity contribution in [1.29, 1.82) is 0 Å². The molecule has 2 aliphatic rings. The van der Waals surface area contributed by atoms with Crippen molar-refractivity contribution in [2.24, 2.45) is 0 Å². The van der Waals surface area contributed by atoms with E-state index >= 15 is 0 Å². The molecule has 1 aromatic rings. The third kappa shape index (κ3) is 4.77. The Morgan fingerprint density at radius 3 is 2.52 bits per heavy atom. The molecule has 2 fully saturated rings. The van der Waals surface area contributed by atoms with E-state index in [0.29, 0.717) is 18.2 Å². The molecule has 8 nitrogen and oxygen atoms in total. The maximum atomic E-state index is 12.2. The largest absolute Gasteiger partial charge is 0.441 e.